The Balaban J connectivity index is 2.80. The molecule has 0 aromatic heterocycles. The molecule has 0 aliphatic carbocycles. The van der Waals surface area contributed by atoms with E-state index in [1.54, 1.807) is 6.92 Å². The summed E-state index contributed by atoms with van der Waals surface area (Å²) in [6.07, 6.45) is 0.112. The fourth-order valence-electron chi connectivity index (χ4n) is 1.97. The lowest BCUT2D eigenvalue weighted by Crippen LogP contribution is -2.26. The second kappa shape index (κ2) is 6.56. The first-order chi connectivity index (χ1) is 8.86. The van der Waals surface area contributed by atoms with Crippen molar-refractivity contribution in [3.63, 3.8) is 0 Å². The lowest BCUT2D eigenvalue weighted by Gasteiger charge is -2.17. The van der Waals surface area contributed by atoms with Crippen molar-refractivity contribution >= 4 is 5.97 Å². The maximum absolute atomic E-state index is 13.4. The van der Waals surface area contributed by atoms with Crippen LogP contribution in [0.2, 0.25) is 0 Å². The third-order valence-corrected chi connectivity index (χ3v) is 3.01. The van der Waals surface area contributed by atoms with Gasteiger partial charge in [0.05, 0.1) is 5.92 Å². The lowest BCUT2D eigenvalue weighted by atomic mass is 9.90. The summed E-state index contributed by atoms with van der Waals surface area (Å²) in [5, 5.41) is 8.85. The van der Waals surface area contributed by atoms with Crippen LogP contribution in [0.1, 0.15) is 18.9 Å². The minimum Gasteiger partial charge on any atom is -0.481 e. The topological polar surface area (TPSA) is 63.3 Å². The number of carboxylic acids is 1. The van der Waals surface area contributed by atoms with Gasteiger partial charge in [-0.05, 0) is 30.9 Å². The van der Waals surface area contributed by atoms with Crippen molar-refractivity contribution < 1.29 is 23.1 Å². The van der Waals surface area contributed by atoms with Gasteiger partial charge in [0.15, 0.2) is 11.6 Å². The number of rotatable bonds is 6. The number of halogens is 3. The number of carboxylic acid groups (broad SMARTS) is 1. The molecule has 0 spiro atoms. The van der Waals surface area contributed by atoms with Gasteiger partial charge >= 0.3 is 5.97 Å². The predicted molar refractivity (Wildman–Crippen MR) is 64.0 cm³/mol. The molecule has 1 aromatic carbocycles. The van der Waals surface area contributed by atoms with E-state index in [0.29, 0.717) is 0 Å². The maximum Gasteiger partial charge on any atom is 0.307 e. The van der Waals surface area contributed by atoms with Crippen LogP contribution in [0, 0.1) is 29.3 Å². The molecule has 0 saturated heterocycles. The van der Waals surface area contributed by atoms with Gasteiger partial charge in [0.25, 0.3) is 0 Å². The zero-order valence-corrected chi connectivity index (χ0v) is 10.5. The average molecular weight is 275 g/mol. The van der Waals surface area contributed by atoms with Crippen LogP contribution in [-0.4, -0.2) is 17.6 Å². The molecule has 19 heavy (non-hydrogen) atoms. The van der Waals surface area contributed by atoms with E-state index in [9.17, 15) is 18.0 Å². The summed E-state index contributed by atoms with van der Waals surface area (Å²) < 4.78 is 39.9. The molecule has 0 heterocycles. The van der Waals surface area contributed by atoms with Gasteiger partial charge in [-0.1, -0.05) is 6.92 Å². The molecule has 6 heteroatoms. The van der Waals surface area contributed by atoms with Gasteiger partial charge in [-0.15, -0.1) is 0 Å². The third kappa shape index (κ3) is 3.96. The largest absolute Gasteiger partial charge is 0.481 e. The molecule has 0 radical (unpaired) electrons. The van der Waals surface area contributed by atoms with Crippen molar-refractivity contribution in [2.75, 3.05) is 6.54 Å². The third-order valence-electron chi connectivity index (χ3n) is 3.01. The van der Waals surface area contributed by atoms with Crippen molar-refractivity contribution in [1.29, 1.82) is 0 Å². The van der Waals surface area contributed by atoms with Gasteiger partial charge in [-0.25, -0.2) is 13.2 Å². The molecule has 3 nitrogen and oxygen atoms in total. The highest BCUT2D eigenvalue weighted by molar-refractivity contribution is 5.70. The molecule has 106 valence electrons. The number of hydrogen-bond donors (Lipinski definition) is 2. The van der Waals surface area contributed by atoms with E-state index >= 15 is 0 Å². The van der Waals surface area contributed by atoms with E-state index in [2.05, 4.69) is 0 Å². The molecule has 0 saturated carbocycles. The smallest absolute Gasteiger partial charge is 0.307 e. The molecular formula is C13H16F3NO2. The average Bonchev–Trinajstić information content (AvgIpc) is 2.36. The summed E-state index contributed by atoms with van der Waals surface area (Å²) in [6.45, 7) is 1.60. The van der Waals surface area contributed by atoms with Crippen molar-refractivity contribution in [1.82, 2.24) is 0 Å². The molecule has 2 unspecified atom stereocenters. The van der Waals surface area contributed by atoms with Crippen molar-refractivity contribution in [2.45, 2.75) is 19.8 Å². The first-order valence-electron chi connectivity index (χ1n) is 5.92. The minimum absolute atomic E-state index is 0.0478. The number of aliphatic carboxylic acids is 1. The Kier molecular flexibility index (Phi) is 5.35. The van der Waals surface area contributed by atoms with E-state index < -0.39 is 29.3 Å². The molecule has 0 aliphatic rings. The number of benzene rings is 1. The molecule has 1 aromatic rings. The molecule has 0 aliphatic heterocycles. The Labute approximate surface area is 109 Å². The Morgan fingerprint density at radius 1 is 1.32 bits per heavy atom. The summed E-state index contributed by atoms with van der Waals surface area (Å²) in [5.41, 5.74) is 4.96. The standard InChI is InChI=1S/C13H16F3NO2/c1-7(4-8(6-17)13(18)19)5-9-10(14)2-3-11(15)12(9)16/h2-3,7-8H,4-6,17H2,1H3,(H,18,19). The molecular weight excluding hydrogens is 259 g/mol. The van der Waals surface area contributed by atoms with Crippen LogP contribution in [0.25, 0.3) is 0 Å². The summed E-state index contributed by atoms with van der Waals surface area (Å²) in [5.74, 6) is -5.30. The van der Waals surface area contributed by atoms with Crippen molar-refractivity contribution in [3.05, 3.63) is 35.1 Å². The first kappa shape index (κ1) is 15.5. The summed E-state index contributed by atoms with van der Waals surface area (Å²) in [4.78, 5) is 10.8. The van der Waals surface area contributed by atoms with Crippen LogP contribution in [-0.2, 0) is 11.2 Å². The first-order valence-corrected chi connectivity index (χ1v) is 5.92. The Hall–Kier alpha value is -1.56. The van der Waals surface area contributed by atoms with E-state index in [1.807, 2.05) is 0 Å². The van der Waals surface area contributed by atoms with Gasteiger partial charge < -0.3 is 10.8 Å². The van der Waals surface area contributed by atoms with Crippen LogP contribution < -0.4 is 5.73 Å². The van der Waals surface area contributed by atoms with Crippen LogP contribution in [0.4, 0.5) is 13.2 Å². The number of carbonyl (C=O) groups is 1. The molecule has 0 fully saturated rings. The van der Waals surface area contributed by atoms with Gasteiger partial charge in [0.1, 0.15) is 5.82 Å². The molecule has 2 atom stereocenters. The molecule has 0 bridgehead atoms. The van der Waals surface area contributed by atoms with Crippen LogP contribution in [0.3, 0.4) is 0 Å². The van der Waals surface area contributed by atoms with E-state index in [0.717, 1.165) is 12.1 Å². The SMILES string of the molecule is CC(Cc1c(F)ccc(F)c1F)CC(CN)C(=O)O. The highest BCUT2D eigenvalue weighted by atomic mass is 19.2. The zero-order chi connectivity index (χ0) is 14.6. The van der Waals surface area contributed by atoms with Crippen molar-refractivity contribution in [2.24, 2.45) is 17.6 Å². The van der Waals surface area contributed by atoms with Crippen LogP contribution >= 0.6 is 0 Å². The van der Waals surface area contributed by atoms with Gasteiger partial charge in [-0.2, -0.15) is 0 Å². The van der Waals surface area contributed by atoms with Crippen LogP contribution in [0.5, 0.6) is 0 Å². The zero-order valence-electron chi connectivity index (χ0n) is 10.5. The number of nitrogens with two attached hydrogens (primary N) is 1. The Morgan fingerprint density at radius 3 is 2.42 bits per heavy atom. The van der Waals surface area contributed by atoms with Gasteiger partial charge in [0.2, 0.25) is 0 Å². The van der Waals surface area contributed by atoms with Gasteiger partial charge in [0, 0.05) is 12.1 Å². The van der Waals surface area contributed by atoms with E-state index in [4.69, 9.17) is 10.8 Å². The summed E-state index contributed by atoms with van der Waals surface area (Å²) in [7, 11) is 0. The lowest BCUT2D eigenvalue weighted by molar-refractivity contribution is -0.141. The fraction of sp³-hybridized carbons (Fsp3) is 0.462. The molecule has 3 N–H and O–H groups in total. The van der Waals surface area contributed by atoms with Crippen molar-refractivity contribution in [3.8, 4) is 0 Å². The Bertz CT molecular complexity index is 465. The highest BCUT2D eigenvalue weighted by Crippen LogP contribution is 2.22. The normalized spacial score (nSPS) is 14.2. The fourth-order valence-corrected chi connectivity index (χ4v) is 1.97. The Morgan fingerprint density at radius 2 is 1.89 bits per heavy atom. The molecule has 1 rings (SSSR count). The quantitative estimate of drug-likeness (QED) is 0.783. The number of hydrogen-bond acceptors (Lipinski definition) is 2. The van der Waals surface area contributed by atoms with Crippen LogP contribution in [0.15, 0.2) is 12.1 Å². The second-order valence-corrected chi connectivity index (χ2v) is 4.64. The molecule has 0 amide bonds. The predicted octanol–water partition coefficient (Wildman–Crippen LogP) is 2.33. The highest BCUT2D eigenvalue weighted by Gasteiger charge is 2.22. The van der Waals surface area contributed by atoms with E-state index in [-0.39, 0.29) is 30.9 Å². The second-order valence-electron chi connectivity index (χ2n) is 4.64. The monoisotopic (exact) mass is 275 g/mol. The van der Waals surface area contributed by atoms with E-state index in [1.165, 1.54) is 0 Å². The summed E-state index contributed by atoms with van der Waals surface area (Å²) in [6, 6.07) is 1.58. The maximum atomic E-state index is 13.4. The summed E-state index contributed by atoms with van der Waals surface area (Å²) >= 11 is 0. The van der Waals surface area contributed by atoms with Gasteiger partial charge in [-0.3, -0.25) is 4.79 Å². The minimum atomic E-state index is -1.22.